The Bertz CT molecular complexity index is 1380. The lowest BCUT2D eigenvalue weighted by atomic mass is 9.96. The minimum absolute atomic E-state index is 0.00540. The molecule has 14 heteroatoms. The molecule has 38 heavy (non-hydrogen) atoms. The van der Waals surface area contributed by atoms with Crippen molar-refractivity contribution in [1.29, 1.82) is 0 Å². The fourth-order valence-corrected chi connectivity index (χ4v) is 5.34. The van der Waals surface area contributed by atoms with Crippen molar-refractivity contribution in [2.45, 2.75) is 50.4 Å². The molecule has 1 aliphatic carbocycles. The van der Waals surface area contributed by atoms with Gasteiger partial charge < -0.3 is 20.3 Å². The number of aryl methyl sites for hydroxylation is 1. The van der Waals surface area contributed by atoms with Crippen LogP contribution in [0.5, 0.6) is 0 Å². The number of amides is 1. The SMILES string of the molecule is COC(=O)N[C@@H]1CC[C@@H](n2c(=O)n(C)c3cnc(Nc4ccnc(N5CCC(C(F)(F)F)CC5)n4)cc32)C1. The molecule has 204 valence electrons. The van der Waals surface area contributed by atoms with Gasteiger partial charge in [-0.1, -0.05) is 0 Å². The zero-order chi connectivity index (χ0) is 27.0. The van der Waals surface area contributed by atoms with E-state index in [4.69, 9.17) is 4.74 Å². The second-order valence-electron chi connectivity index (χ2n) is 9.74. The summed E-state index contributed by atoms with van der Waals surface area (Å²) in [5.74, 6) is -0.0541. The summed E-state index contributed by atoms with van der Waals surface area (Å²) in [6.07, 6.45) is 0.530. The molecule has 0 spiro atoms. The van der Waals surface area contributed by atoms with Crippen LogP contribution in [-0.4, -0.2) is 62.6 Å². The van der Waals surface area contributed by atoms with E-state index in [-0.39, 0.29) is 43.7 Å². The average molecular weight is 535 g/mol. The van der Waals surface area contributed by atoms with E-state index in [2.05, 4.69) is 25.6 Å². The van der Waals surface area contributed by atoms with Gasteiger partial charge in [0, 0.05) is 44.5 Å². The van der Waals surface area contributed by atoms with Crippen LogP contribution in [0.3, 0.4) is 0 Å². The van der Waals surface area contributed by atoms with Crippen molar-refractivity contribution < 1.29 is 22.7 Å². The van der Waals surface area contributed by atoms with Crippen LogP contribution in [0.15, 0.2) is 29.3 Å². The summed E-state index contributed by atoms with van der Waals surface area (Å²) in [6, 6.07) is 3.23. The van der Waals surface area contributed by atoms with Gasteiger partial charge in [-0.3, -0.25) is 9.13 Å². The Morgan fingerprint density at radius 3 is 2.58 bits per heavy atom. The molecule has 2 aliphatic rings. The molecular formula is C24H29F3N8O3. The zero-order valence-electron chi connectivity index (χ0n) is 21.0. The number of alkyl halides is 3. The number of fused-ring (bicyclic) bond motifs is 1. The van der Waals surface area contributed by atoms with E-state index in [0.717, 1.165) is 12.8 Å². The first-order chi connectivity index (χ1) is 18.1. The number of hydrogen-bond donors (Lipinski definition) is 2. The highest BCUT2D eigenvalue weighted by molar-refractivity contribution is 5.79. The number of aromatic nitrogens is 5. The summed E-state index contributed by atoms with van der Waals surface area (Å²) in [5, 5.41) is 5.94. The maximum absolute atomic E-state index is 13.1. The molecule has 1 aliphatic heterocycles. The van der Waals surface area contributed by atoms with Gasteiger partial charge in [0.05, 0.1) is 30.3 Å². The number of pyridine rings is 1. The van der Waals surface area contributed by atoms with E-state index < -0.39 is 18.2 Å². The largest absolute Gasteiger partial charge is 0.453 e. The summed E-state index contributed by atoms with van der Waals surface area (Å²) in [5.41, 5.74) is 1.19. The number of carbonyl (C=O) groups excluding carboxylic acids is 1. The van der Waals surface area contributed by atoms with Crippen molar-refractivity contribution in [3.8, 4) is 0 Å². The Balaban J connectivity index is 1.34. The molecule has 1 saturated carbocycles. The number of anilines is 3. The predicted molar refractivity (Wildman–Crippen MR) is 133 cm³/mol. The number of halogens is 3. The second kappa shape index (κ2) is 10.1. The van der Waals surface area contributed by atoms with E-state index in [0.29, 0.717) is 35.0 Å². The molecule has 3 aromatic heterocycles. The highest BCUT2D eigenvalue weighted by atomic mass is 19.4. The summed E-state index contributed by atoms with van der Waals surface area (Å²) in [4.78, 5) is 39.6. The minimum atomic E-state index is -4.18. The van der Waals surface area contributed by atoms with Crippen LogP contribution in [0, 0.1) is 5.92 Å². The van der Waals surface area contributed by atoms with E-state index in [1.54, 1.807) is 45.6 Å². The lowest BCUT2D eigenvalue weighted by Crippen LogP contribution is -2.39. The molecule has 2 fully saturated rings. The lowest BCUT2D eigenvalue weighted by Gasteiger charge is -2.32. The van der Waals surface area contributed by atoms with Gasteiger partial charge in [-0.15, -0.1) is 0 Å². The van der Waals surface area contributed by atoms with Gasteiger partial charge in [0.2, 0.25) is 5.95 Å². The fraction of sp³-hybridized carbons (Fsp3) is 0.542. The van der Waals surface area contributed by atoms with Crippen molar-refractivity contribution in [3.63, 3.8) is 0 Å². The number of piperidine rings is 1. The van der Waals surface area contributed by atoms with Crippen LogP contribution in [0.2, 0.25) is 0 Å². The van der Waals surface area contributed by atoms with Gasteiger partial charge in [-0.05, 0) is 38.2 Å². The van der Waals surface area contributed by atoms with Crippen LogP contribution >= 0.6 is 0 Å². The van der Waals surface area contributed by atoms with Crippen molar-refractivity contribution in [2.75, 3.05) is 30.4 Å². The number of imidazole rings is 1. The number of ether oxygens (including phenoxy) is 1. The fourth-order valence-electron chi connectivity index (χ4n) is 5.34. The first-order valence-corrected chi connectivity index (χ1v) is 12.5. The van der Waals surface area contributed by atoms with Crippen LogP contribution in [0.4, 0.5) is 35.5 Å². The summed E-state index contributed by atoms with van der Waals surface area (Å²) in [7, 11) is 3.00. The van der Waals surface area contributed by atoms with Crippen LogP contribution in [0.1, 0.15) is 38.1 Å². The standard InChI is InChI=1S/C24H29F3N8O3/c1-33-18-13-29-20(12-17(18)35(23(33)37)16-4-3-15(11-16)30-22(36)38-2)31-19-5-8-28-21(32-19)34-9-6-14(7-10-34)24(25,26)27/h5,8,12-16H,3-4,6-7,9-11H2,1-2H3,(H,30,36)(H,28,29,31,32)/t15-,16-/m1/s1. The average Bonchev–Trinajstić information content (AvgIpc) is 3.45. The third-order valence-corrected chi connectivity index (χ3v) is 7.39. The quantitative estimate of drug-likeness (QED) is 0.511. The molecule has 1 amide bonds. The van der Waals surface area contributed by atoms with Crippen molar-refractivity contribution in [3.05, 3.63) is 35.0 Å². The number of methoxy groups -OCH3 is 1. The third kappa shape index (κ3) is 5.11. The smallest absolute Gasteiger partial charge is 0.407 e. The molecule has 3 aromatic rings. The van der Waals surface area contributed by atoms with Crippen LogP contribution in [0.25, 0.3) is 11.0 Å². The Labute approximate surface area is 216 Å². The molecule has 11 nitrogen and oxygen atoms in total. The molecule has 2 atom stereocenters. The van der Waals surface area contributed by atoms with Gasteiger partial charge in [-0.25, -0.2) is 19.6 Å². The first kappa shape index (κ1) is 25.8. The third-order valence-electron chi connectivity index (χ3n) is 7.39. The number of hydrogen-bond acceptors (Lipinski definition) is 8. The van der Waals surface area contributed by atoms with E-state index >= 15 is 0 Å². The zero-order valence-corrected chi connectivity index (χ0v) is 21.0. The number of alkyl carbamates (subject to hydrolysis) is 1. The number of carbonyl (C=O) groups is 1. The Morgan fingerprint density at radius 1 is 1.11 bits per heavy atom. The van der Waals surface area contributed by atoms with Gasteiger partial charge in [0.1, 0.15) is 11.6 Å². The maximum Gasteiger partial charge on any atom is 0.407 e. The molecule has 2 N–H and O–H groups in total. The predicted octanol–water partition coefficient (Wildman–Crippen LogP) is 3.50. The van der Waals surface area contributed by atoms with Gasteiger partial charge in [0.15, 0.2) is 0 Å². The second-order valence-corrected chi connectivity index (χ2v) is 9.74. The summed E-state index contributed by atoms with van der Waals surface area (Å²) < 4.78 is 47.0. The van der Waals surface area contributed by atoms with Gasteiger partial charge >= 0.3 is 18.0 Å². The minimum Gasteiger partial charge on any atom is -0.453 e. The molecule has 5 rings (SSSR count). The highest BCUT2D eigenvalue weighted by Gasteiger charge is 2.41. The molecule has 1 saturated heterocycles. The molecule has 0 aromatic carbocycles. The highest BCUT2D eigenvalue weighted by Crippen LogP contribution is 2.35. The monoisotopic (exact) mass is 534 g/mol. The molecular weight excluding hydrogens is 505 g/mol. The van der Waals surface area contributed by atoms with Crippen molar-refractivity contribution in [1.82, 2.24) is 29.4 Å². The van der Waals surface area contributed by atoms with E-state index in [9.17, 15) is 22.8 Å². The number of nitrogens with zero attached hydrogens (tertiary/aromatic N) is 6. The van der Waals surface area contributed by atoms with Crippen LogP contribution < -0.4 is 21.2 Å². The van der Waals surface area contributed by atoms with Crippen molar-refractivity contribution in [2.24, 2.45) is 13.0 Å². The normalized spacial score (nSPS) is 20.6. The molecule has 4 heterocycles. The summed E-state index contributed by atoms with van der Waals surface area (Å²) >= 11 is 0. The van der Waals surface area contributed by atoms with Gasteiger partial charge in [-0.2, -0.15) is 18.2 Å². The van der Waals surface area contributed by atoms with E-state index in [1.165, 1.54) is 7.11 Å². The molecule has 0 bridgehead atoms. The topological polar surface area (TPSA) is 119 Å². The lowest BCUT2D eigenvalue weighted by molar-refractivity contribution is -0.179. The molecule has 0 radical (unpaired) electrons. The molecule has 0 unspecified atom stereocenters. The Kier molecular flexibility index (Phi) is 6.88. The van der Waals surface area contributed by atoms with Crippen LogP contribution in [-0.2, 0) is 11.8 Å². The number of rotatable bonds is 5. The summed E-state index contributed by atoms with van der Waals surface area (Å²) in [6.45, 7) is 0.447. The van der Waals surface area contributed by atoms with Crippen molar-refractivity contribution >= 4 is 34.7 Å². The maximum atomic E-state index is 13.1. The van der Waals surface area contributed by atoms with Gasteiger partial charge in [0.25, 0.3) is 0 Å². The Hall–Kier alpha value is -3.84. The van der Waals surface area contributed by atoms with E-state index in [1.807, 2.05) is 0 Å². The Morgan fingerprint density at radius 2 is 1.87 bits per heavy atom. The number of nitrogens with one attached hydrogen (secondary N) is 2. The first-order valence-electron chi connectivity index (χ1n) is 12.5.